The Morgan fingerprint density at radius 2 is 2.04 bits per heavy atom. The van der Waals surface area contributed by atoms with Crippen LogP contribution in [-0.2, 0) is 16.0 Å². The Morgan fingerprint density at radius 3 is 2.78 bits per heavy atom. The highest BCUT2D eigenvalue weighted by molar-refractivity contribution is 6.04. The van der Waals surface area contributed by atoms with Crippen LogP contribution >= 0.6 is 0 Å². The molecule has 0 fully saturated rings. The smallest absolute Gasteiger partial charge is 0.269 e. The van der Waals surface area contributed by atoms with Gasteiger partial charge in [0.15, 0.2) is 0 Å². The molecule has 0 unspecified atom stereocenters. The number of para-hydroxylation sites is 2. The van der Waals surface area contributed by atoms with Crippen LogP contribution in [0.1, 0.15) is 18.9 Å². The number of benzene rings is 2. The summed E-state index contributed by atoms with van der Waals surface area (Å²) in [5.74, 6) is -0.0133. The fourth-order valence-electron chi connectivity index (χ4n) is 3.02. The van der Waals surface area contributed by atoms with Crippen molar-refractivity contribution in [1.82, 2.24) is 0 Å². The number of hydrogen-bond donors (Lipinski definition) is 1. The summed E-state index contributed by atoms with van der Waals surface area (Å²) in [6.07, 6.45) is 0.623. The summed E-state index contributed by atoms with van der Waals surface area (Å²) in [5, 5.41) is 13.7. The molecule has 8 heteroatoms. The van der Waals surface area contributed by atoms with Crippen LogP contribution in [-0.4, -0.2) is 29.9 Å². The highest BCUT2D eigenvalue weighted by atomic mass is 16.6. The van der Waals surface area contributed by atoms with Crippen molar-refractivity contribution in [3.05, 3.63) is 58.1 Å². The quantitative estimate of drug-likeness (QED) is 0.623. The molecule has 1 N–H and O–H groups in total. The number of rotatable bonds is 6. The van der Waals surface area contributed by atoms with E-state index in [4.69, 9.17) is 4.74 Å². The lowest BCUT2D eigenvalue weighted by molar-refractivity contribution is -0.384. The SMILES string of the molecule is CCOc1ccccc1NC(=O)CN1C(=O)CCc2cc([N+](=O)[O-])ccc21. The molecule has 1 aliphatic rings. The number of nitrogens with one attached hydrogen (secondary N) is 1. The van der Waals surface area contributed by atoms with Crippen LogP contribution in [0.15, 0.2) is 42.5 Å². The Morgan fingerprint density at radius 1 is 1.26 bits per heavy atom. The first-order valence-corrected chi connectivity index (χ1v) is 8.59. The topological polar surface area (TPSA) is 102 Å². The van der Waals surface area contributed by atoms with Gasteiger partial charge in [0.05, 0.1) is 17.2 Å². The van der Waals surface area contributed by atoms with Gasteiger partial charge < -0.3 is 15.0 Å². The summed E-state index contributed by atoms with van der Waals surface area (Å²) in [6, 6.07) is 11.4. The molecule has 0 radical (unpaired) electrons. The molecule has 2 aromatic carbocycles. The molecule has 1 aliphatic heterocycles. The van der Waals surface area contributed by atoms with Gasteiger partial charge in [-0.15, -0.1) is 0 Å². The molecule has 0 atom stereocenters. The van der Waals surface area contributed by atoms with Crippen molar-refractivity contribution in [1.29, 1.82) is 0 Å². The van der Waals surface area contributed by atoms with Crippen LogP contribution in [0.3, 0.4) is 0 Å². The average Bonchev–Trinajstić information content (AvgIpc) is 2.65. The second-order valence-corrected chi connectivity index (χ2v) is 6.03. The second kappa shape index (κ2) is 7.86. The lowest BCUT2D eigenvalue weighted by Gasteiger charge is -2.28. The molecule has 27 heavy (non-hydrogen) atoms. The number of anilines is 2. The second-order valence-electron chi connectivity index (χ2n) is 6.03. The molecule has 0 aromatic heterocycles. The largest absolute Gasteiger partial charge is 0.492 e. The van der Waals surface area contributed by atoms with Crippen LogP contribution in [0.2, 0.25) is 0 Å². The zero-order valence-electron chi connectivity index (χ0n) is 14.8. The number of fused-ring (bicyclic) bond motifs is 1. The van der Waals surface area contributed by atoms with Gasteiger partial charge in [-0.05, 0) is 37.1 Å². The zero-order chi connectivity index (χ0) is 19.4. The van der Waals surface area contributed by atoms with Crippen molar-refractivity contribution in [2.45, 2.75) is 19.8 Å². The van der Waals surface area contributed by atoms with Gasteiger partial charge in [0.2, 0.25) is 11.8 Å². The Kier molecular flexibility index (Phi) is 5.35. The van der Waals surface area contributed by atoms with E-state index in [1.807, 2.05) is 6.92 Å². The van der Waals surface area contributed by atoms with Crippen molar-refractivity contribution in [2.75, 3.05) is 23.4 Å². The Hall–Kier alpha value is -3.42. The lowest BCUT2D eigenvalue weighted by Crippen LogP contribution is -2.40. The Bertz CT molecular complexity index is 897. The molecule has 0 bridgehead atoms. The van der Waals surface area contributed by atoms with Crippen LogP contribution in [0, 0.1) is 10.1 Å². The predicted octanol–water partition coefficient (Wildman–Crippen LogP) is 2.91. The Labute approximate surface area is 155 Å². The van der Waals surface area contributed by atoms with E-state index in [1.54, 1.807) is 24.3 Å². The van der Waals surface area contributed by atoms with Gasteiger partial charge in [-0.25, -0.2) is 0 Å². The molecule has 8 nitrogen and oxygen atoms in total. The molecule has 2 aromatic rings. The molecule has 2 amide bonds. The van der Waals surface area contributed by atoms with E-state index in [1.165, 1.54) is 23.1 Å². The van der Waals surface area contributed by atoms with Gasteiger partial charge >= 0.3 is 0 Å². The monoisotopic (exact) mass is 369 g/mol. The molecular weight excluding hydrogens is 350 g/mol. The first kappa shape index (κ1) is 18.4. The van der Waals surface area contributed by atoms with Crippen LogP contribution in [0.25, 0.3) is 0 Å². The third kappa shape index (κ3) is 4.05. The number of carbonyl (C=O) groups is 2. The maximum Gasteiger partial charge on any atom is 0.269 e. The maximum atomic E-state index is 12.5. The van der Waals surface area contributed by atoms with Gasteiger partial charge in [-0.1, -0.05) is 12.1 Å². The zero-order valence-corrected chi connectivity index (χ0v) is 14.8. The van der Waals surface area contributed by atoms with Crippen molar-refractivity contribution in [3.63, 3.8) is 0 Å². The molecule has 1 heterocycles. The number of amides is 2. The minimum atomic E-state index is -0.474. The summed E-state index contributed by atoms with van der Waals surface area (Å²) in [4.78, 5) is 36.7. The summed E-state index contributed by atoms with van der Waals surface area (Å²) < 4.78 is 5.48. The number of hydrogen-bond acceptors (Lipinski definition) is 5. The minimum absolute atomic E-state index is 0.0295. The number of non-ortho nitro benzene ring substituents is 1. The number of carbonyl (C=O) groups excluding carboxylic acids is 2. The van der Waals surface area contributed by atoms with Crippen LogP contribution < -0.4 is 15.0 Å². The van der Waals surface area contributed by atoms with E-state index in [2.05, 4.69) is 5.32 Å². The summed E-state index contributed by atoms with van der Waals surface area (Å²) in [6.45, 7) is 2.13. The number of ether oxygens (including phenoxy) is 1. The summed E-state index contributed by atoms with van der Waals surface area (Å²) in [7, 11) is 0. The van der Waals surface area contributed by atoms with Crippen molar-refractivity contribution < 1.29 is 19.2 Å². The normalized spacial score (nSPS) is 13.1. The van der Waals surface area contributed by atoms with E-state index in [9.17, 15) is 19.7 Å². The van der Waals surface area contributed by atoms with E-state index in [0.717, 1.165) is 0 Å². The van der Waals surface area contributed by atoms with Gasteiger partial charge in [-0.3, -0.25) is 19.7 Å². The summed E-state index contributed by atoms with van der Waals surface area (Å²) >= 11 is 0. The molecule has 0 spiro atoms. The van der Waals surface area contributed by atoms with Gasteiger partial charge in [0.1, 0.15) is 12.3 Å². The number of aryl methyl sites for hydroxylation is 1. The highest BCUT2D eigenvalue weighted by Crippen LogP contribution is 2.31. The molecule has 0 saturated heterocycles. The molecule has 140 valence electrons. The average molecular weight is 369 g/mol. The van der Waals surface area contributed by atoms with E-state index < -0.39 is 4.92 Å². The van der Waals surface area contributed by atoms with Gasteiger partial charge in [-0.2, -0.15) is 0 Å². The highest BCUT2D eigenvalue weighted by Gasteiger charge is 2.27. The fourth-order valence-corrected chi connectivity index (χ4v) is 3.02. The fraction of sp³-hybridized carbons (Fsp3) is 0.263. The van der Waals surface area contributed by atoms with E-state index in [-0.39, 0.29) is 30.5 Å². The van der Waals surface area contributed by atoms with E-state index in [0.29, 0.717) is 35.7 Å². The molecule has 0 saturated carbocycles. The van der Waals surface area contributed by atoms with Crippen LogP contribution in [0.5, 0.6) is 5.75 Å². The first-order valence-electron chi connectivity index (χ1n) is 8.59. The first-order chi connectivity index (χ1) is 13.0. The van der Waals surface area contributed by atoms with Crippen molar-refractivity contribution in [3.8, 4) is 5.75 Å². The minimum Gasteiger partial charge on any atom is -0.492 e. The number of nitro benzene ring substituents is 1. The van der Waals surface area contributed by atoms with Crippen LogP contribution in [0.4, 0.5) is 17.1 Å². The molecule has 0 aliphatic carbocycles. The lowest BCUT2D eigenvalue weighted by atomic mass is 10.0. The van der Waals surface area contributed by atoms with Crippen molar-refractivity contribution in [2.24, 2.45) is 0 Å². The van der Waals surface area contributed by atoms with Gasteiger partial charge in [0, 0.05) is 24.2 Å². The van der Waals surface area contributed by atoms with Gasteiger partial charge in [0.25, 0.3) is 5.69 Å². The third-order valence-electron chi connectivity index (χ3n) is 4.24. The number of nitrogens with zero attached hydrogens (tertiary/aromatic N) is 2. The maximum absolute atomic E-state index is 12.5. The standard InChI is InChI=1S/C19H19N3O5/c1-2-27-17-6-4-3-5-15(17)20-18(23)12-21-16-9-8-14(22(25)26)11-13(16)7-10-19(21)24/h3-6,8-9,11H,2,7,10,12H2,1H3,(H,20,23). The molecule has 3 rings (SSSR count). The van der Waals surface area contributed by atoms with E-state index >= 15 is 0 Å². The Balaban J connectivity index is 1.78. The molecular formula is C19H19N3O5. The summed E-state index contributed by atoms with van der Waals surface area (Å²) in [5.41, 5.74) is 1.72. The van der Waals surface area contributed by atoms with Crippen molar-refractivity contribution >= 4 is 28.9 Å². The number of nitro groups is 1. The third-order valence-corrected chi connectivity index (χ3v) is 4.24. The predicted molar refractivity (Wildman–Crippen MR) is 100 cm³/mol.